The number of hydrogen-bond donors (Lipinski definition) is 0. The second-order valence-electron chi connectivity index (χ2n) is 18.3. The Labute approximate surface area is 380 Å². The summed E-state index contributed by atoms with van der Waals surface area (Å²) in [6.07, 6.45) is 0. The molecular weight excluding hydrogens is 805 g/mol. The summed E-state index contributed by atoms with van der Waals surface area (Å²) in [7, 11) is 0. The van der Waals surface area contributed by atoms with E-state index in [4.69, 9.17) is 4.42 Å². The normalized spacial score (nSPS) is 13.2. The van der Waals surface area contributed by atoms with Crippen LogP contribution in [0.4, 0.5) is 0 Å². The van der Waals surface area contributed by atoms with Crippen molar-refractivity contribution in [2.45, 2.75) is 19.3 Å². The van der Waals surface area contributed by atoms with E-state index in [0.29, 0.717) is 0 Å². The number of benzene rings is 11. The quantitative estimate of drug-likeness (QED) is 0.161. The second kappa shape index (κ2) is 13.6. The minimum atomic E-state index is -0.0983. The van der Waals surface area contributed by atoms with Crippen LogP contribution in [0, 0.1) is 0 Å². The molecule has 0 saturated heterocycles. The van der Waals surface area contributed by atoms with Gasteiger partial charge in [-0.3, -0.25) is 0 Å². The Balaban J connectivity index is 0.900. The van der Waals surface area contributed by atoms with E-state index in [-0.39, 0.29) is 5.41 Å². The molecule has 1 nitrogen and oxygen atoms in total. The maximum atomic E-state index is 6.35. The van der Waals surface area contributed by atoms with Crippen LogP contribution >= 0.6 is 11.3 Å². The Morgan fingerprint density at radius 2 is 0.892 bits per heavy atom. The summed E-state index contributed by atoms with van der Waals surface area (Å²) >= 11 is 1.93. The van der Waals surface area contributed by atoms with Gasteiger partial charge in [0.25, 0.3) is 0 Å². The van der Waals surface area contributed by atoms with Crippen LogP contribution in [-0.4, -0.2) is 0 Å². The highest BCUT2D eigenvalue weighted by atomic mass is 32.1. The number of fused-ring (bicyclic) bond motifs is 13. The lowest BCUT2D eigenvalue weighted by atomic mass is 9.81. The first-order valence-corrected chi connectivity index (χ1v) is 23.4. The van der Waals surface area contributed by atoms with Crippen molar-refractivity contribution >= 4 is 85.8 Å². The van der Waals surface area contributed by atoms with E-state index >= 15 is 0 Å². The van der Waals surface area contributed by atoms with Crippen molar-refractivity contribution in [2.75, 3.05) is 0 Å². The molecule has 0 amide bonds. The molecule has 0 bridgehead atoms. The van der Waals surface area contributed by atoms with Crippen LogP contribution in [0.3, 0.4) is 0 Å². The highest BCUT2D eigenvalue weighted by Crippen LogP contribution is 2.55. The number of thiophene rings is 1. The summed E-state index contributed by atoms with van der Waals surface area (Å²) in [6, 6.07) is 76.4. The fraction of sp³-hybridized carbons (Fsp3) is 0.0476. The summed E-state index contributed by atoms with van der Waals surface area (Å²) in [5, 5.41) is 12.5. The zero-order valence-electron chi connectivity index (χ0n) is 35.9. The molecule has 14 rings (SSSR count). The smallest absolute Gasteiger partial charge is 0.136 e. The Hall–Kier alpha value is -7.78. The van der Waals surface area contributed by atoms with E-state index in [1.807, 2.05) is 17.4 Å². The van der Waals surface area contributed by atoms with Gasteiger partial charge in [0.2, 0.25) is 0 Å². The average Bonchev–Trinajstić information content (AvgIpc) is 4.00. The Morgan fingerprint density at radius 1 is 0.338 bits per heavy atom. The molecule has 1 aliphatic rings. The van der Waals surface area contributed by atoms with E-state index in [1.54, 1.807) is 0 Å². The van der Waals surface area contributed by atoms with Crippen molar-refractivity contribution in [2.24, 2.45) is 0 Å². The summed E-state index contributed by atoms with van der Waals surface area (Å²) < 4.78 is 9.10. The van der Waals surface area contributed by atoms with Crippen LogP contribution in [0.25, 0.3) is 130 Å². The SMILES string of the molecule is CC1(C)c2cc(-c3ccc(-c4c5ccccc5c(-c5ccc(-c6cccc7oc8ccccc8c67)c6ccccc56)c5ccccc45)cc3)ccc2-c2c1ccc1c2sc2ccccc21. The van der Waals surface area contributed by atoms with E-state index in [1.165, 1.54) is 119 Å². The molecule has 0 aliphatic heterocycles. The van der Waals surface area contributed by atoms with Gasteiger partial charge in [0.15, 0.2) is 0 Å². The molecule has 0 unspecified atom stereocenters. The molecule has 0 radical (unpaired) electrons. The third kappa shape index (κ3) is 5.20. The monoisotopic (exact) mass is 844 g/mol. The largest absolute Gasteiger partial charge is 0.456 e. The number of furan rings is 1. The van der Waals surface area contributed by atoms with Gasteiger partial charge in [-0.05, 0) is 118 Å². The van der Waals surface area contributed by atoms with E-state index in [2.05, 4.69) is 214 Å². The third-order valence-corrected chi connectivity index (χ3v) is 15.7. The topological polar surface area (TPSA) is 13.1 Å². The maximum Gasteiger partial charge on any atom is 0.136 e. The van der Waals surface area contributed by atoms with Crippen LogP contribution in [0.1, 0.15) is 25.0 Å². The highest BCUT2D eigenvalue weighted by Gasteiger charge is 2.37. The summed E-state index contributed by atoms with van der Waals surface area (Å²) in [4.78, 5) is 0. The lowest BCUT2D eigenvalue weighted by Crippen LogP contribution is -2.14. The number of para-hydroxylation sites is 1. The van der Waals surface area contributed by atoms with Crippen molar-refractivity contribution in [1.82, 2.24) is 0 Å². The van der Waals surface area contributed by atoms with Gasteiger partial charge < -0.3 is 4.42 Å². The minimum Gasteiger partial charge on any atom is -0.456 e. The molecule has 0 N–H and O–H groups in total. The molecule has 65 heavy (non-hydrogen) atoms. The lowest BCUT2D eigenvalue weighted by molar-refractivity contribution is 0.661. The van der Waals surface area contributed by atoms with Gasteiger partial charge in [-0.2, -0.15) is 0 Å². The first kappa shape index (κ1) is 36.7. The van der Waals surface area contributed by atoms with Gasteiger partial charge in [-0.25, -0.2) is 0 Å². The fourth-order valence-corrected chi connectivity index (χ4v) is 12.8. The maximum absolute atomic E-state index is 6.35. The van der Waals surface area contributed by atoms with Gasteiger partial charge in [0, 0.05) is 41.9 Å². The zero-order chi connectivity index (χ0) is 43.0. The van der Waals surface area contributed by atoms with Gasteiger partial charge >= 0.3 is 0 Å². The summed E-state index contributed by atoms with van der Waals surface area (Å²) in [6.45, 7) is 4.79. The molecule has 2 heteroatoms. The van der Waals surface area contributed by atoms with Crippen molar-refractivity contribution in [3.63, 3.8) is 0 Å². The van der Waals surface area contributed by atoms with E-state index < -0.39 is 0 Å². The third-order valence-electron chi connectivity index (χ3n) is 14.5. The molecule has 2 heterocycles. The molecule has 304 valence electrons. The average molecular weight is 845 g/mol. The van der Waals surface area contributed by atoms with Crippen LogP contribution in [0.2, 0.25) is 0 Å². The fourth-order valence-electron chi connectivity index (χ4n) is 11.5. The second-order valence-corrected chi connectivity index (χ2v) is 19.3. The Bertz CT molecular complexity index is 4080. The van der Waals surface area contributed by atoms with Crippen molar-refractivity contribution in [3.8, 4) is 55.6 Å². The molecule has 0 saturated carbocycles. The standard InChI is InChI=1S/C63H40OS/c1-63(2)53-35-34-50-43-16-10-12-25-57(43)65-62(50)61(53)51-31-30-39(36-54(51)63)37-26-28-38(29-27-37)58-45-17-5-7-19-47(45)59(48-20-8-6-18-46(48)58)49-33-32-42(40-14-3-4-15-41(40)49)44-22-13-24-56-60(44)52-21-9-11-23-55(52)64-56/h3-36H,1-2H3. The Morgan fingerprint density at radius 3 is 1.63 bits per heavy atom. The summed E-state index contributed by atoms with van der Waals surface area (Å²) in [5.74, 6) is 0. The van der Waals surface area contributed by atoms with Crippen LogP contribution < -0.4 is 0 Å². The first-order valence-electron chi connectivity index (χ1n) is 22.6. The molecule has 2 aromatic heterocycles. The molecule has 0 fully saturated rings. The predicted octanol–water partition coefficient (Wildman–Crippen LogP) is 18.4. The van der Waals surface area contributed by atoms with Crippen LogP contribution in [0.5, 0.6) is 0 Å². The predicted molar refractivity (Wildman–Crippen MR) is 278 cm³/mol. The van der Waals surface area contributed by atoms with Gasteiger partial charge in [0.1, 0.15) is 11.2 Å². The van der Waals surface area contributed by atoms with Gasteiger partial charge in [-0.1, -0.05) is 196 Å². The number of hydrogen-bond acceptors (Lipinski definition) is 2. The van der Waals surface area contributed by atoms with Crippen molar-refractivity contribution < 1.29 is 4.42 Å². The van der Waals surface area contributed by atoms with Crippen LogP contribution in [0.15, 0.2) is 211 Å². The van der Waals surface area contributed by atoms with Crippen LogP contribution in [-0.2, 0) is 5.41 Å². The Kier molecular flexibility index (Phi) is 7.68. The molecule has 0 spiro atoms. The van der Waals surface area contributed by atoms with Gasteiger partial charge in [-0.15, -0.1) is 11.3 Å². The zero-order valence-corrected chi connectivity index (χ0v) is 36.8. The van der Waals surface area contributed by atoms with Crippen molar-refractivity contribution in [3.05, 3.63) is 217 Å². The lowest BCUT2D eigenvalue weighted by Gasteiger charge is -2.22. The number of rotatable bonds is 4. The molecular formula is C63H40OS. The summed E-state index contributed by atoms with van der Waals surface area (Å²) in [5.41, 5.74) is 17.2. The van der Waals surface area contributed by atoms with Gasteiger partial charge in [0.05, 0.1) is 0 Å². The van der Waals surface area contributed by atoms with Crippen molar-refractivity contribution in [1.29, 1.82) is 0 Å². The minimum absolute atomic E-state index is 0.0983. The molecule has 0 atom stereocenters. The highest BCUT2D eigenvalue weighted by molar-refractivity contribution is 7.26. The van der Waals surface area contributed by atoms with E-state index in [9.17, 15) is 0 Å². The molecule has 11 aromatic carbocycles. The van der Waals surface area contributed by atoms with E-state index in [0.717, 1.165) is 21.9 Å². The first-order chi connectivity index (χ1) is 32.0. The molecule has 13 aromatic rings. The molecule has 1 aliphatic carbocycles.